The number of likely N-dealkylation sites (tertiary alicyclic amines) is 2. The number of imidazole rings is 1. The number of carbonyl (C=O) groups is 1. The van der Waals surface area contributed by atoms with Crippen molar-refractivity contribution < 1.29 is 9.90 Å². The van der Waals surface area contributed by atoms with Crippen molar-refractivity contribution >= 4 is 41.2 Å². The van der Waals surface area contributed by atoms with Gasteiger partial charge in [0.25, 0.3) is 0 Å². The van der Waals surface area contributed by atoms with Gasteiger partial charge in [0.2, 0.25) is 17.7 Å². The maximum atomic E-state index is 12.8. The molecular formula is C30H36N8O2. The van der Waals surface area contributed by atoms with Gasteiger partial charge in [-0.25, -0.2) is 9.98 Å². The van der Waals surface area contributed by atoms with Crippen LogP contribution in [0.4, 0.5) is 17.5 Å². The van der Waals surface area contributed by atoms with Crippen molar-refractivity contribution in [2.24, 2.45) is 10.9 Å². The summed E-state index contributed by atoms with van der Waals surface area (Å²) >= 11 is 0. The third-order valence-electron chi connectivity index (χ3n) is 8.02. The molecule has 0 spiro atoms. The normalized spacial score (nSPS) is 19.7. The van der Waals surface area contributed by atoms with Crippen LogP contribution in [0, 0.1) is 5.92 Å². The average Bonchev–Trinajstić information content (AvgIpc) is 3.70. The topological polar surface area (TPSA) is 122 Å². The largest absolute Gasteiger partial charge is 0.492 e. The average molecular weight is 541 g/mol. The number of amides is 1. The number of rotatable bonds is 8. The maximum absolute atomic E-state index is 12.8. The van der Waals surface area contributed by atoms with Crippen molar-refractivity contribution in [2.75, 3.05) is 50.4 Å². The number of anilines is 2. The van der Waals surface area contributed by atoms with E-state index in [-0.39, 0.29) is 23.7 Å². The second-order valence-corrected chi connectivity index (χ2v) is 11.0. The number of benzene rings is 1. The monoisotopic (exact) mass is 540 g/mol. The van der Waals surface area contributed by atoms with Gasteiger partial charge >= 0.3 is 0 Å². The summed E-state index contributed by atoms with van der Waals surface area (Å²) in [4.78, 5) is 34.0. The number of allylic oxidation sites excluding steroid dienone is 1. The summed E-state index contributed by atoms with van der Waals surface area (Å²) in [6.45, 7) is 4.91. The van der Waals surface area contributed by atoms with Gasteiger partial charge in [0.15, 0.2) is 5.82 Å². The number of aromatic hydroxyl groups is 1. The van der Waals surface area contributed by atoms with Crippen molar-refractivity contribution in [2.45, 2.75) is 31.7 Å². The van der Waals surface area contributed by atoms with Crippen molar-refractivity contribution in [1.82, 2.24) is 24.8 Å². The molecule has 3 aliphatic rings. The van der Waals surface area contributed by atoms with Crippen LogP contribution in [0.15, 0.2) is 47.6 Å². The maximum Gasteiger partial charge on any atom is 0.238 e. The highest BCUT2D eigenvalue weighted by atomic mass is 16.3. The molecule has 0 saturated carbocycles. The Kier molecular flexibility index (Phi) is 7.61. The summed E-state index contributed by atoms with van der Waals surface area (Å²) in [5, 5.41) is 17.2. The lowest BCUT2D eigenvalue weighted by Gasteiger charge is -2.28. The smallest absolute Gasteiger partial charge is 0.238 e. The second kappa shape index (κ2) is 11.6. The summed E-state index contributed by atoms with van der Waals surface area (Å²) < 4.78 is 0. The Morgan fingerprint density at radius 3 is 2.73 bits per heavy atom. The van der Waals surface area contributed by atoms with Crippen LogP contribution >= 0.6 is 0 Å². The molecule has 6 rings (SSSR count). The van der Waals surface area contributed by atoms with E-state index < -0.39 is 0 Å². The Bertz CT molecular complexity index is 1400. The lowest BCUT2D eigenvalue weighted by Crippen LogP contribution is -2.35. The molecule has 1 aromatic carbocycles. The number of nitrogens with one attached hydrogen (secondary N) is 3. The quantitative estimate of drug-likeness (QED) is 0.336. The van der Waals surface area contributed by atoms with E-state index in [2.05, 4.69) is 59.6 Å². The van der Waals surface area contributed by atoms with Crippen molar-refractivity contribution in [3.8, 4) is 5.88 Å². The first-order valence-corrected chi connectivity index (χ1v) is 14.1. The van der Waals surface area contributed by atoms with E-state index >= 15 is 0 Å². The molecular weight excluding hydrogens is 504 g/mol. The van der Waals surface area contributed by atoms with Gasteiger partial charge in [-0.05, 0) is 76.6 Å². The predicted octanol–water partition coefficient (Wildman–Crippen LogP) is 4.30. The molecule has 1 amide bonds. The van der Waals surface area contributed by atoms with E-state index in [1.165, 1.54) is 18.4 Å². The molecule has 0 radical (unpaired) electrons. The fourth-order valence-corrected chi connectivity index (χ4v) is 5.68. The van der Waals surface area contributed by atoms with Crippen LogP contribution in [0.2, 0.25) is 0 Å². The summed E-state index contributed by atoms with van der Waals surface area (Å²) in [7, 11) is 2.08. The molecule has 10 heteroatoms. The highest BCUT2D eigenvalue weighted by Crippen LogP contribution is 2.34. The zero-order chi connectivity index (χ0) is 27.5. The first-order valence-electron chi connectivity index (χ1n) is 14.1. The van der Waals surface area contributed by atoms with E-state index in [1.54, 1.807) is 12.4 Å². The standard InChI is InChI=1S/C30H36N8O2/c1-37-13-9-21(10-14-37)28(39)33-23-16-24-22(17-31-27(24)32-18-23)15-25-29(40)36-30(34-25)35-26(19-38-11-5-6-12-38)20-7-3-2-4-8-20/h2-4,7-8,15-18,21,26,40H,5-6,9-14,19H2,1H3,(H,33,39)(H2,34,35,36). The van der Waals surface area contributed by atoms with Gasteiger partial charge in [0.1, 0.15) is 5.69 Å². The third kappa shape index (κ3) is 5.93. The lowest BCUT2D eigenvalue weighted by atomic mass is 9.96. The molecule has 40 heavy (non-hydrogen) atoms. The number of aromatic nitrogens is 3. The molecule has 2 aromatic heterocycles. The predicted molar refractivity (Wildman–Crippen MR) is 158 cm³/mol. The first kappa shape index (κ1) is 26.2. The summed E-state index contributed by atoms with van der Waals surface area (Å²) in [6.07, 6.45) is 9.33. The molecule has 2 saturated heterocycles. The Morgan fingerprint density at radius 1 is 1.18 bits per heavy atom. The highest BCUT2D eigenvalue weighted by molar-refractivity contribution is 6.21. The molecule has 0 bridgehead atoms. The molecule has 5 heterocycles. The lowest BCUT2D eigenvalue weighted by molar-refractivity contribution is -0.121. The van der Waals surface area contributed by atoms with Gasteiger partial charge < -0.3 is 30.5 Å². The van der Waals surface area contributed by atoms with E-state index in [9.17, 15) is 9.90 Å². The van der Waals surface area contributed by atoms with E-state index in [0.717, 1.165) is 56.7 Å². The summed E-state index contributed by atoms with van der Waals surface area (Å²) in [5.74, 6) is 1.03. The van der Waals surface area contributed by atoms with Crippen LogP contribution in [-0.2, 0) is 4.79 Å². The number of carbonyl (C=O) groups excluding carboxylic acids is 1. The Balaban J connectivity index is 1.18. The van der Waals surface area contributed by atoms with Crippen LogP contribution in [0.3, 0.4) is 0 Å². The minimum atomic E-state index is -0.0930. The number of nitrogens with zero attached hydrogens (tertiary/aromatic N) is 5. The Morgan fingerprint density at radius 2 is 1.95 bits per heavy atom. The van der Waals surface area contributed by atoms with Crippen LogP contribution in [0.25, 0.3) is 11.6 Å². The van der Waals surface area contributed by atoms with Crippen molar-refractivity contribution in [3.05, 3.63) is 59.4 Å². The second-order valence-electron chi connectivity index (χ2n) is 11.0. The highest BCUT2D eigenvalue weighted by Gasteiger charge is 2.25. The van der Waals surface area contributed by atoms with Crippen LogP contribution in [-0.4, -0.2) is 81.8 Å². The van der Waals surface area contributed by atoms with Gasteiger partial charge in [0.05, 0.1) is 17.9 Å². The summed E-state index contributed by atoms with van der Waals surface area (Å²) in [5.41, 5.74) is 3.86. The number of aliphatic imine (C=N–C) groups is 1. The molecule has 2 fully saturated rings. The Labute approximate surface area is 234 Å². The van der Waals surface area contributed by atoms with E-state index in [0.29, 0.717) is 23.1 Å². The van der Waals surface area contributed by atoms with Crippen LogP contribution < -0.4 is 10.6 Å². The molecule has 208 valence electrons. The zero-order valence-corrected chi connectivity index (χ0v) is 22.8. The van der Waals surface area contributed by atoms with Gasteiger partial charge in [-0.1, -0.05) is 30.3 Å². The van der Waals surface area contributed by atoms with Crippen LogP contribution in [0.1, 0.15) is 48.5 Å². The van der Waals surface area contributed by atoms with E-state index in [1.807, 2.05) is 30.3 Å². The number of pyridine rings is 1. The number of hydrogen-bond donors (Lipinski definition) is 4. The number of piperidine rings is 1. The minimum absolute atomic E-state index is 0.00811. The third-order valence-corrected chi connectivity index (χ3v) is 8.02. The van der Waals surface area contributed by atoms with Gasteiger partial charge in [-0.15, -0.1) is 0 Å². The fourth-order valence-electron chi connectivity index (χ4n) is 5.68. The molecule has 3 aromatic rings. The Hall–Kier alpha value is -4.02. The first-order chi connectivity index (χ1) is 19.5. The molecule has 4 N–H and O–H groups in total. The number of aromatic amines is 1. The zero-order valence-electron chi connectivity index (χ0n) is 22.8. The number of H-pyrrole nitrogens is 1. The van der Waals surface area contributed by atoms with Gasteiger partial charge in [0, 0.05) is 29.8 Å². The number of hydrogen-bond acceptors (Lipinski definition) is 8. The summed E-state index contributed by atoms with van der Waals surface area (Å²) in [6, 6.07) is 12.2. The van der Waals surface area contributed by atoms with E-state index in [4.69, 9.17) is 0 Å². The molecule has 1 unspecified atom stereocenters. The van der Waals surface area contributed by atoms with Crippen LogP contribution in [0.5, 0.6) is 5.88 Å². The minimum Gasteiger partial charge on any atom is -0.492 e. The SMILES string of the molecule is CN1CCC(C(=O)Nc2cnc3c(c2)C(=Cc2[nH]c(NC(CN4CCCC4)c4ccccc4)nc2O)C=N3)CC1. The molecule has 0 aliphatic carbocycles. The fraction of sp³-hybridized carbons (Fsp3) is 0.400. The molecule has 10 nitrogen and oxygen atoms in total. The molecule has 3 aliphatic heterocycles. The van der Waals surface area contributed by atoms with Crippen molar-refractivity contribution in [3.63, 3.8) is 0 Å². The van der Waals surface area contributed by atoms with Gasteiger partial charge in [-0.2, -0.15) is 4.98 Å². The molecule has 1 atom stereocenters. The van der Waals surface area contributed by atoms with Crippen molar-refractivity contribution in [1.29, 1.82) is 0 Å². The number of fused-ring (bicyclic) bond motifs is 1. The van der Waals surface area contributed by atoms with Gasteiger partial charge in [-0.3, -0.25) is 4.79 Å².